The summed E-state index contributed by atoms with van der Waals surface area (Å²) in [5.41, 5.74) is 2.66. The Morgan fingerprint density at radius 2 is 2.12 bits per heavy atom. The normalized spacial score (nSPS) is 12.6. The van der Waals surface area contributed by atoms with E-state index in [1.807, 2.05) is 0 Å². The molecule has 1 aromatic heterocycles. The van der Waals surface area contributed by atoms with Crippen LogP contribution in [0.15, 0.2) is 40.2 Å². The second-order valence-corrected chi connectivity index (χ2v) is 6.77. The van der Waals surface area contributed by atoms with Crippen molar-refractivity contribution in [3.63, 3.8) is 0 Å². The van der Waals surface area contributed by atoms with E-state index in [1.165, 1.54) is 19.8 Å². The fourth-order valence-corrected chi connectivity index (χ4v) is 3.19. The fourth-order valence-electron chi connectivity index (χ4n) is 1.76. The van der Waals surface area contributed by atoms with Gasteiger partial charge in [-0.05, 0) is 47.5 Å². The smallest absolute Gasteiger partial charge is 0.0701 e. The molecule has 0 radical (unpaired) electrons. The minimum absolute atomic E-state index is 0.385. The monoisotopic (exact) mass is 309 g/mol. The summed E-state index contributed by atoms with van der Waals surface area (Å²) in [4.78, 5) is 1.36. The molecule has 0 aliphatic heterocycles. The van der Waals surface area contributed by atoms with Crippen LogP contribution in [0.4, 0.5) is 0 Å². The highest BCUT2D eigenvalue weighted by molar-refractivity contribution is 9.11. The summed E-state index contributed by atoms with van der Waals surface area (Å²) in [6.45, 7) is 5.26. The number of thiophene rings is 1. The summed E-state index contributed by atoms with van der Waals surface area (Å²) in [6, 6.07) is 13.3. The van der Waals surface area contributed by atoms with Gasteiger partial charge in [-0.2, -0.15) is 0 Å². The highest BCUT2D eigenvalue weighted by Gasteiger charge is 2.05. The minimum Gasteiger partial charge on any atom is -0.305 e. The first-order chi connectivity index (χ1) is 8.15. The molecule has 2 aromatic rings. The molecule has 0 bridgehead atoms. The Morgan fingerprint density at radius 1 is 1.29 bits per heavy atom. The third-order valence-corrected chi connectivity index (χ3v) is 4.38. The van der Waals surface area contributed by atoms with Crippen LogP contribution in [0.25, 0.3) is 0 Å². The van der Waals surface area contributed by atoms with E-state index in [0.717, 1.165) is 6.54 Å². The Labute approximate surface area is 115 Å². The molecule has 0 aliphatic carbocycles. The lowest BCUT2D eigenvalue weighted by atomic mass is 10.1. The van der Waals surface area contributed by atoms with Crippen LogP contribution in [0, 0.1) is 6.92 Å². The first-order valence-corrected chi connectivity index (χ1v) is 7.30. The van der Waals surface area contributed by atoms with Gasteiger partial charge in [-0.3, -0.25) is 0 Å². The van der Waals surface area contributed by atoms with Crippen LogP contribution >= 0.6 is 27.3 Å². The lowest BCUT2D eigenvalue weighted by molar-refractivity contribution is 0.578. The van der Waals surface area contributed by atoms with Crippen molar-refractivity contribution in [3.05, 3.63) is 56.2 Å². The average Bonchev–Trinajstić information content (AvgIpc) is 2.72. The van der Waals surface area contributed by atoms with Gasteiger partial charge in [0.1, 0.15) is 0 Å². The van der Waals surface area contributed by atoms with Gasteiger partial charge in [0.05, 0.1) is 3.79 Å². The third kappa shape index (κ3) is 3.66. The molecule has 0 unspecified atom stereocenters. The Hall–Kier alpha value is -0.640. The number of benzene rings is 1. The summed E-state index contributed by atoms with van der Waals surface area (Å²) in [6.07, 6.45) is 0. The molecule has 2 rings (SSSR count). The van der Waals surface area contributed by atoms with Crippen LogP contribution in [0.1, 0.15) is 29.0 Å². The van der Waals surface area contributed by atoms with Gasteiger partial charge >= 0.3 is 0 Å². The minimum atomic E-state index is 0.385. The van der Waals surface area contributed by atoms with Gasteiger partial charge in [-0.25, -0.2) is 0 Å². The maximum Gasteiger partial charge on any atom is 0.0701 e. The topological polar surface area (TPSA) is 12.0 Å². The Morgan fingerprint density at radius 3 is 2.76 bits per heavy atom. The zero-order chi connectivity index (χ0) is 12.3. The number of hydrogen-bond acceptors (Lipinski definition) is 2. The van der Waals surface area contributed by atoms with Crippen molar-refractivity contribution in [2.75, 3.05) is 0 Å². The average molecular weight is 310 g/mol. The molecule has 1 atom stereocenters. The molecule has 17 heavy (non-hydrogen) atoms. The number of hydrogen-bond donors (Lipinski definition) is 1. The van der Waals surface area contributed by atoms with Crippen LogP contribution in [0.2, 0.25) is 0 Å². The van der Waals surface area contributed by atoms with Crippen molar-refractivity contribution in [1.82, 2.24) is 5.32 Å². The summed E-state index contributed by atoms with van der Waals surface area (Å²) in [7, 11) is 0. The summed E-state index contributed by atoms with van der Waals surface area (Å²) in [5.74, 6) is 0. The molecule has 0 saturated heterocycles. The molecule has 1 N–H and O–H groups in total. The van der Waals surface area contributed by atoms with Crippen molar-refractivity contribution in [1.29, 1.82) is 0 Å². The number of aryl methyl sites for hydroxylation is 1. The summed E-state index contributed by atoms with van der Waals surface area (Å²) < 4.78 is 1.19. The van der Waals surface area contributed by atoms with Crippen LogP contribution < -0.4 is 5.32 Å². The van der Waals surface area contributed by atoms with Crippen molar-refractivity contribution in [2.24, 2.45) is 0 Å². The zero-order valence-electron chi connectivity index (χ0n) is 10.0. The van der Waals surface area contributed by atoms with E-state index in [2.05, 4.69) is 71.5 Å². The van der Waals surface area contributed by atoms with E-state index in [0.29, 0.717) is 6.04 Å². The van der Waals surface area contributed by atoms with Crippen molar-refractivity contribution in [2.45, 2.75) is 26.4 Å². The fraction of sp³-hybridized carbons (Fsp3) is 0.286. The van der Waals surface area contributed by atoms with E-state index in [4.69, 9.17) is 0 Å². The number of nitrogens with one attached hydrogen (secondary N) is 1. The molecule has 0 amide bonds. The predicted molar refractivity (Wildman–Crippen MR) is 78.5 cm³/mol. The molecule has 0 aliphatic rings. The maximum atomic E-state index is 3.55. The summed E-state index contributed by atoms with van der Waals surface area (Å²) in [5, 5.41) is 3.55. The highest BCUT2D eigenvalue weighted by atomic mass is 79.9. The first kappa shape index (κ1) is 12.8. The molecule has 1 heterocycles. The van der Waals surface area contributed by atoms with Crippen molar-refractivity contribution < 1.29 is 0 Å². The van der Waals surface area contributed by atoms with Gasteiger partial charge in [0.2, 0.25) is 0 Å². The summed E-state index contributed by atoms with van der Waals surface area (Å²) >= 11 is 5.27. The van der Waals surface area contributed by atoms with Crippen LogP contribution in [-0.2, 0) is 6.54 Å². The number of halogens is 1. The quantitative estimate of drug-likeness (QED) is 0.865. The Kier molecular flexibility index (Phi) is 4.37. The van der Waals surface area contributed by atoms with Gasteiger partial charge < -0.3 is 5.32 Å². The van der Waals surface area contributed by atoms with Gasteiger partial charge in [0.15, 0.2) is 0 Å². The molecule has 0 fully saturated rings. The molecular formula is C14H16BrNS. The molecule has 0 spiro atoms. The predicted octanol–water partition coefficient (Wildman–Crippen LogP) is 4.67. The molecule has 0 saturated carbocycles. The molecule has 90 valence electrons. The lowest BCUT2D eigenvalue weighted by Crippen LogP contribution is -2.17. The molecule has 1 nitrogen and oxygen atoms in total. The van der Waals surface area contributed by atoms with Gasteiger partial charge in [0.25, 0.3) is 0 Å². The Bertz CT molecular complexity index is 492. The van der Waals surface area contributed by atoms with Crippen LogP contribution in [0.5, 0.6) is 0 Å². The zero-order valence-corrected chi connectivity index (χ0v) is 12.4. The van der Waals surface area contributed by atoms with Crippen LogP contribution in [0.3, 0.4) is 0 Å². The SMILES string of the molecule is Cc1cccc([C@@H](C)NCc2ccc(Br)s2)c1. The maximum absolute atomic E-state index is 3.55. The van der Waals surface area contributed by atoms with Gasteiger partial charge in [0, 0.05) is 17.5 Å². The van der Waals surface area contributed by atoms with Gasteiger partial charge in [-0.15, -0.1) is 11.3 Å². The highest BCUT2D eigenvalue weighted by Crippen LogP contribution is 2.23. The molecule has 1 aromatic carbocycles. The third-order valence-electron chi connectivity index (χ3n) is 2.75. The van der Waals surface area contributed by atoms with Gasteiger partial charge in [-0.1, -0.05) is 29.8 Å². The standard InChI is InChI=1S/C14H16BrNS/c1-10-4-3-5-12(8-10)11(2)16-9-13-6-7-14(15)17-13/h3-8,11,16H,9H2,1-2H3/t11-/m1/s1. The second-order valence-electron chi connectivity index (χ2n) is 4.22. The van der Waals surface area contributed by atoms with E-state index in [9.17, 15) is 0 Å². The second kappa shape index (κ2) is 5.80. The first-order valence-electron chi connectivity index (χ1n) is 5.69. The van der Waals surface area contributed by atoms with E-state index in [1.54, 1.807) is 11.3 Å². The van der Waals surface area contributed by atoms with Crippen molar-refractivity contribution >= 4 is 27.3 Å². The van der Waals surface area contributed by atoms with Crippen LogP contribution in [-0.4, -0.2) is 0 Å². The van der Waals surface area contributed by atoms with Crippen molar-refractivity contribution in [3.8, 4) is 0 Å². The lowest BCUT2D eigenvalue weighted by Gasteiger charge is -2.14. The van der Waals surface area contributed by atoms with E-state index < -0.39 is 0 Å². The Balaban J connectivity index is 1.95. The van der Waals surface area contributed by atoms with E-state index in [-0.39, 0.29) is 0 Å². The largest absolute Gasteiger partial charge is 0.305 e. The van der Waals surface area contributed by atoms with E-state index >= 15 is 0 Å². The molecule has 3 heteroatoms. The molecular weight excluding hydrogens is 294 g/mol. The number of rotatable bonds is 4.